The number of aryl methyl sites for hydroxylation is 1. The van der Waals surface area contributed by atoms with E-state index in [9.17, 15) is 9.59 Å². The number of carboxylic acid groups (broad SMARTS) is 1. The van der Waals surface area contributed by atoms with E-state index in [0.29, 0.717) is 38.8 Å². The van der Waals surface area contributed by atoms with Crippen molar-refractivity contribution in [1.29, 1.82) is 0 Å². The van der Waals surface area contributed by atoms with Gasteiger partial charge >= 0.3 is 5.97 Å². The first-order valence-electron chi connectivity index (χ1n) is 7.32. The summed E-state index contributed by atoms with van der Waals surface area (Å²) < 4.78 is 5.52. The molecule has 1 rings (SSSR count). The van der Waals surface area contributed by atoms with Gasteiger partial charge in [-0.1, -0.05) is 18.2 Å². The predicted octanol–water partition coefficient (Wildman–Crippen LogP) is 2.39. The quantitative estimate of drug-likeness (QED) is 0.649. The van der Waals surface area contributed by atoms with Crippen LogP contribution >= 0.6 is 0 Å². The Balaban J connectivity index is 2.25. The van der Waals surface area contributed by atoms with Crippen molar-refractivity contribution in [3.8, 4) is 5.75 Å². The minimum Gasteiger partial charge on any atom is -0.494 e. The molecule has 0 aliphatic rings. The molecular weight excluding hydrogens is 270 g/mol. The molecule has 0 heterocycles. The van der Waals surface area contributed by atoms with Crippen LogP contribution in [0.4, 0.5) is 0 Å². The highest BCUT2D eigenvalue weighted by Gasteiger charge is 2.06. The number of carbonyl (C=O) groups is 2. The highest BCUT2D eigenvalue weighted by molar-refractivity contribution is 5.76. The van der Waals surface area contributed by atoms with Crippen molar-refractivity contribution in [2.45, 2.75) is 39.0 Å². The molecule has 1 aromatic carbocycles. The van der Waals surface area contributed by atoms with E-state index >= 15 is 0 Å². The zero-order chi connectivity index (χ0) is 15.5. The molecule has 2 N–H and O–H groups in total. The maximum atomic E-state index is 11.7. The Hall–Kier alpha value is -2.04. The maximum Gasteiger partial charge on any atom is 0.303 e. The maximum absolute atomic E-state index is 11.7. The molecule has 1 aromatic rings. The van der Waals surface area contributed by atoms with Gasteiger partial charge in [0, 0.05) is 19.4 Å². The molecule has 1 amide bonds. The van der Waals surface area contributed by atoms with Crippen molar-refractivity contribution < 1.29 is 19.4 Å². The van der Waals surface area contributed by atoms with E-state index in [-0.39, 0.29) is 12.3 Å². The van der Waals surface area contributed by atoms with E-state index in [4.69, 9.17) is 9.84 Å². The average Bonchev–Trinajstić information content (AvgIpc) is 2.46. The van der Waals surface area contributed by atoms with Crippen molar-refractivity contribution in [1.82, 2.24) is 5.32 Å². The number of para-hydroxylation sites is 1. The molecule has 5 heteroatoms. The molecular formula is C16H23NO4. The van der Waals surface area contributed by atoms with Crippen LogP contribution in [-0.2, 0) is 16.0 Å². The van der Waals surface area contributed by atoms with E-state index in [1.807, 2.05) is 31.2 Å². The van der Waals surface area contributed by atoms with E-state index in [2.05, 4.69) is 5.32 Å². The first-order valence-corrected chi connectivity index (χ1v) is 7.32. The number of hydrogen-bond donors (Lipinski definition) is 2. The third-order valence-corrected chi connectivity index (χ3v) is 3.03. The molecule has 0 unspecified atom stereocenters. The van der Waals surface area contributed by atoms with E-state index in [1.54, 1.807) is 0 Å². The Bertz CT molecular complexity index is 459. The smallest absolute Gasteiger partial charge is 0.303 e. The van der Waals surface area contributed by atoms with Crippen molar-refractivity contribution >= 4 is 11.9 Å². The fourth-order valence-electron chi connectivity index (χ4n) is 1.97. The van der Waals surface area contributed by atoms with Crippen LogP contribution < -0.4 is 10.1 Å². The van der Waals surface area contributed by atoms with Crippen LogP contribution in [0.25, 0.3) is 0 Å². The van der Waals surface area contributed by atoms with Gasteiger partial charge in [-0.2, -0.15) is 0 Å². The van der Waals surface area contributed by atoms with Gasteiger partial charge in [-0.15, -0.1) is 0 Å². The number of ether oxygens (including phenoxy) is 1. The second kappa shape index (κ2) is 9.80. The number of benzene rings is 1. The van der Waals surface area contributed by atoms with Crippen LogP contribution in [0.5, 0.6) is 5.75 Å². The minimum absolute atomic E-state index is 0.0170. The van der Waals surface area contributed by atoms with Crippen LogP contribution in [0.1, 0.15) is 38.2 Å². The van der Waals surface area contributed by atoms with Crippen LogP contribution in [0.2, 0.25) is 0 Å². The number of rotatable bonds is 10. The molecule has 0 aliphatic heterocycles. The van der Waals surface area contributed by atoms with Crippen molar-refractivity contribution in [3.63, 3.8) is 0 Å². The monoisotopic (exact) mass is 293 g/mol. The lowest BCUT2D eigenvalue weighted by atomic mass is 10.1. The molecule has 116 valence electrons. The Labute approximate surface area is 125 Å². The zero-order valence-corrected chi connectivity index (χ0v) is 12.4. The Morgan fingerprint density at radius 1 is 1.19 bits per heavy atom. The summed E-state index contributed by atoms with van der Waals surface area (Å²) in [5.41, 5.74) is 1.03. The second-order valence-electron chi connectivity index (χ2n) is 4.74. The summed E-state index contributed by atoms with van der Waals surface area (Å²) >= 11 is 0. The average molecular weight is 293 g/mol. The summed E-state index contributed by atoms with van der Waals surface area (Å²) in [6.45, 7) is 3.06. The number of aliphatic carboxylic acids is 1. The normalized spacial score (nSPS) is 10.1. The van der Waals surface area contributed by atoms with Gasteiger partial charge in [0.15, 0.2) is 0 Å². The molecule has 0 atom stereocenters. The topological polar surface area (TPSA) is 75.6 Å². The van der Waals surface area contributed by atoms with Crippen LogP contribution in [0, 0.1) is 0 Å². The Morgan fingerprint density at radius 3 is 2.67 bits per heavy atom. The van der Waals surface area contributed by atoms with Gasteiger partial charge in [-0.05, 0) is 37.8 Å². The summed E-state index contributed by atoms with van der Waals surface area (Å²) in [7, 11) is 0. The second-order valence-corrected chi connectivity index (χ2v) is 4.74. The fourth-order valence-corrected chi connectivity index (χ4v) is 1.97. The molecule has 5 nitrogen and oxygen atoms in total. The van der Waals surface area contributed by atoms with E-state index in [0.717, 1.165) is 11.3 Å². The fraction of sp³-hybridized carbons (Fsp3) is 0.500. The Kier molecular flexibility index (Phi) is 7.94. The summed E-state index contributed by atoms with van der Waals surface area (Å²) in [6, 6.07) is 7.71. The van der Waals surface area contributed by atoms with E-state index in [1.165, 1.54) is 0 Å². The number of carbonyl (C=O) groups excluding carboxylic acids is 1. The van der Waals surface area contributed by atoms with Crippen LogP contribution in [0.3, 0.4) is 0 Å². The highest BCUT2D eigenvalue weighted by atomic mass is 16.5. The van der Waals surface area contributed by atoms with Gasteiger partial charge in [-0.25, -0.2) is 0 Å². The molecule has 0 bridgehead atoms. The summed E-state index contributed by atoms with van der Waals surface area (Å²) in [4.78, 5) is 22.1. The summed E-state index contributed by atoms with van der Waals surface area (Å²) in [5, 5.41) is 11.3. The largest absolute Gasteiger partial charge is 0.494 e. The van der Waals surface area contributed by atoms with Gasteiger partial charge in [0.2, 0.25) is 5.91 Å². The van der Waals surface area contributed by atoms with Crippen molar-refractivity contribution in [3.05, 3.63) is 29.8 Å². The third-order valence-electron chi connectivity index (χ3n) is 3.03. The molecule has 0 saturated carbocycles. The standard InChI is InChI=1S/C16H23NO4/c1-2-21-14-8-4-3-7-13(14)10-11-15(18)17-12-6-5-9-16(19)20/h3-4,7-8H,2,5-6,9-12H2,1H3,(H,17,18)(H,19,20). The number of amides is 1. The lowest BCUT2D eigenvalue weighted by molar-refractivity contribution is -0.137. The van der Waals surface area contributed by atoms with Gasteiger partial charge in [0.05, 0.1) is 6.61 Å². The lowest BCUT2D eigenvalue weighted by Gasteiger charge is -2.10. The third kappa shape index (κ3) is 7.34. The molecule has 0 saturated heterocycles. The van der Waals surface area contributed by atoms with Gasteiger partial charge in [-0.3, -0.25) is 9.59 Å². The molecule has 21 heavy (non-hydrogen) atoms. The van der Waals surface area contributed by atoms with Crippen LogP contribution in [-0.4, -0.2) is 30.1 Å². The van der Waals surface area contributed by atoms with Crippen molar-refractivity contribution in [2.24, 2.45) is 0 Å². The first kappa shape index (κ1) is 17.0. The molecule has 0 aromatic heterocycles. The number of hydrogen-bond acceptors (Lipinski definition) is 3. The van der Waals surface area contributed by atoms with Crippen molar-refractivity contribution in [2.75, 3.05) is 13.2 Å². The molecule has 0 fully saturated rings. The lowest BCUT2D eigenvalue weighted by Crippen LogP contribution is -2.24. The minimum atomic E-state index is -0.797. The van der Waals surface area contributed by atoms with Crippen LogP contribution in [0.15, 0.2) is 24.3 Å². The summed E-state index contributed by atoms with van der Waals surface area (Å²) in [6.07, 6.45) is 2.47. The predicted molar refractivity (Wildman–Crippen MR) is 80.4 cm³/mol. The highest BCUT2D eigenvalue weighted by Crippen LogP contribution is 2.19. The number of unbranched alkanes of at least 4 members (excludes halogenated alkanes) is 1. The van der Waals surface area contributed by atoms with Gasteiger partial charge in [0.25, 0.3) is 0 Å². The zero-order valence-electron chi connectivity index (χ0n) is 12.4. The molecule has 0 aliphatic carbocycles. The van der Waals surface area contributed by atoms with Gasteiger partial charge in [0.1, 0.15) is 5.75 Å². The van der Waals surface area contributed by atoms with E-state index < -0.39 is 5.97 Å². The number of carboxylic acids is 1. The summed E-state index contributed by atoms with van der Waals surface area (Å²) in [5.74, 6) is 0.0137. The first-order chi connectivity index (χ1) is 10.1. The number of nitrogens with one attached hydrogen (secondary N) is 1. The SMILES string of the molecule is CCOc1ccccc1CCC(=O)NCCCCC(=O)O. The molecule has 0 radical (unpaired) electrons. The Morgan fingerprint density at radius 2 is 1.95 bits per heavy atom. The van der Waals surface area contributed by atoms with Gasteiger partial charge < -0.3 is 15.2 Å². The molecule has 0 spiro atoms.